The molecule has 0 atom stereocenters. The van der Waals surface area contributed by atoms with Gasteiger partial charge >= 0.3 is 29.6 Å². The predicted molar refractivity (Wildman–Crippen MR) is 154 cm³/mol. The van der Waals surface area contributed by atoms with Crippen molar-refractivity contribution in [3.05, 3.63) is 29.8 Å². The average Bonchev–Trinajstić information content (AvgIpc) is 2.84. The Morgan fingerprint density at radius 3 is 1.46 bits per heavy atom. The van der Waals surface area contributed by atoms with Crippen LogP contribution in [0.25, 0.3) is 0 Å². The molecule has 0 unspecified atom stereocenters. The van der Waals surface area contributed by atoms with E-state index in [0.29, 0.717) is 11.5 Å². The summed E-state index contributed by atoms with van der Waals surface area (Å²) in [6.45, 7) is 4.80. The van der Waals surface area contributed by atoms with Gasteiger partial charge in [0.15, 0.2) is 0 Å². The summed E-state index contributed by atoms with van der Waals surface area (Å²) in [5.41, 5.74) is 0.908. The van der Waals surface area contributed by atoms with Crippen molar-refractivity contribution < 1.29 is 12.6 Å². The molecule has 0 heterocycles. The SMILES string of the molecule is CCCCCCCCCCCCOS(=O)(=O)c1ccccc1CCCCCCCCCCCC.[NaH]. The van der Waals surface area contributed by atoms with Crippen molar-refractivity contribution in [2.75, 3.05) is 6.61 Å². The summed E-state index contributed by atoms with van der Waals surface area (Å²) in [6, 6.07) is 7.40. The van der Waals surface area contributed by atoms with Crippen LogP contribution < -0.4 is 0 Å². The van der Waals surface area contributed by atoms with Crippen LogP contribution in [0.3, 0.4) is 0 Å². The number of hydrogen-bond donors (Lipinski definition) is 0. The molecule has 0 aliphatic carbocycles. The van der Waals surface area contributed by atoms with Crippen LogP contribution in [0.1, 0.15) is 148 Å². The van der Waals surface area contributed by atoms with Crippen LogP contribution in [0.4, 0.5) is 0 Å². The van der Waals surface area contributed by atoms with E-state index in [-0.39, 0.29) is 29.6 Å². The molecule has 0 saturated carbocycles. The molecule has 0 fully saturated rings. The average molecular weight is 519 g/mol. The molecule has 0 amide bonds. The summed E-state index contributed by atoms with van der Waals surface area (Å²) >= 11 is 0. The number of rotatable bonds is 24. The molecular formula is C30H55NaO3S. The van der Waals surface area contributed by atoms with E-state index in [9.17, 15) is 8.42 Å². The van der Waals surface area contributed by atoms with E-state index in [4.69, 9.17) is 4.18 Å². The second kappa shape index (κ2) is 24.5. The van der Waals surface area contributed by atoms with Gasteiger partial charge in [-0.2, -0.15) is 8.42 Å². The van der Waals surface area contributed by atoms with E-state index in [1.165, 1.54) is 109 Å². The van der Waals surface area contributed by atoms with E-state index in [1.54, 1.807) is 12.1 Å². The first-order chi connectivity index (χ1) is 16.6. The minimum atomic E-state index is -3.66. The van der Waals surface area contributed by atoms with Gasteiger partial charge in [-0.1, -0.05) is 148 Å². The van der Waals surface area contributed by atoms with Crippen molar-refractivity contribution in [3.63, 3.8) is 0 Å². The fourth-order valence-electron chi connectivity index (χ4n) is 4.58. The fourth-order valence-corrected chi connectivity index (χ4v) is 5.78. The first-order valence-corrected chi connectivity index (χ1v) is 16.0. The Morgan fingerprint density at radius 1 is 0.571 bits per heavy atom. The zero-order valence-electron chi connectivity index (χ0n) is 22.5. The topological polar surface area (TPSA) is 43.4 Å². The van der Waals surface area contributed by atoms with E-state index in [1.807, 2.05) is 12.1 Å². The maximum absolute atomic E-state index is 12.8. The molecule has 0 aliphatic rings. The van der Waals surface area contributed by atoms with Crippen LogP contribution in [-0.4, -0.2) is 44.6 Å². The van der Waals surface area contributed by atoms with Crippen molar-refractivity contribution in [2.24, 2.45) is 0 Å². The number of benzene rings is 1. The summed E-state index contributed by atoms with van der Waals surface area (Å²) in [6.07, 6.45) is 26.0. The van der Waals surface area contributed by atoms with Crippen molar-refractivity contribution in [2.45, 2.75) is 154 Å². The predicted octanol–water partition coefficient (Wildman–Crippen LogP) is 9.13. The standard InChI is InChI=1S/C30H54O3S.Na.H/c1-3-5-7-9-11-13-15-17-19-21-25-29-26-22-23-27-30(29)34(31,32)33-28-24-20-18-16-14-12-10-8-6-4-2;;/h22-23,26-27H,3-21,24-25,28H2,1-2H3;;. The van der Waals surface area contributed by atoms with Gasteiger partial charge in [0, 0.05) is 0 Å². The zero-order valence-corrected chi connectivity index (χ0v) is 23.3. The van der Waals surface area contributed by atoms with Gasteiger partial charge in [-0.05, 0) is 30.9 Å². The van der Waals surface area contributed by atoms with Crippen molar-refractivity contribution in [1.82, 2.24) is 0 Å². The molecule has 0 spiro atoms. The Morgan fingerprint density at radius 2 is 0.971 bits per heavy atom. The van der Waals surface area contributed by atoms with E-state index in [2.05, 4.69) is 13.8 Å². The molecule has 0 saturated heterocycles. The third-order valence-corrected chi connectivity index (χ3v) is 8.19. The number of hydrogen-bond acceptors (Lipinski definition) is 3. The van der Waals surface area contributed by atoms with Crippen LogP contribution in [0.2, 0.25) is 0 Å². The summed E-state index contributed by atoms with van der Waals surface area (Å²) in [5, 5.41) is 0. The molecule has 0 bridgehead atoms. The van der Waals surface area contributed by atoms with Gasteiger partial charge in [-0.3, -0.25) is 4.18 Å². The quantitative estimate of drug-likeness (QED) is 0.0778. The normalized spacial score (nSPS) is 11.5. The molecule has 0 radical (unpaired) electrons. The third-order valence-electron chi connectivity index (χ3n) is 6.78. The summed E-state index contributed by atoms with van der Waals surface area (Å²) < 4.78 is 30.9. The Hall–Kier alpha value is 0.130. The fraction of sp³-hybridized carbons (Fsp3) is 0.800. The number of unbranched alkanes of at least 4 members (excludes halogenated alkanes) is 18. The molecular weight excluding hydrogens is 463 g/mol. The maximum atomic E-state index is 12.8. The van der Waals surface area contributed by atoms with Crippen LogP contribution >= 0.6 is 0 Å². The van der Waals surface area contributed by atoms with Crippen LogP contribution in [0.5, 0.6) is 0 Å². The van der Waals surface area contributed by atoms with Gasteiger partial charge in [-0.25, -0.2) is 0 Å². The summed E-state index contributed by atoms with van der Waals surface area (Å²) in [7, 11) is -3.66. The van der Waals surface area contributed by atoms with Crippen molar-refractivity contribution in [1.29, 1.82) is 0 Å². The molecule has 3 nitrogen and oxygen atoms in total. The molecule has 0 aromatic heterocycles. The van der Waals surface area contributed by atoms with Gasteiger partial charge in [0.05, 0.1) is 11.5 Å². The molecule has 35 heavy (non-hydrogen) atoms. The van der Waals surface area contributed by atoms with Gasteiger partial charge in [-0.15, -0.1) is 0 Å². The second-order valence-corrected chi connectivity index (χ2v) is 11.6. The molecule has 200 valence electrons. The molecule has 1 aromatic carbocycles. The Bertz CT molecular complexity index is 691. The van der Waals surface area contributed by atoms with Gasteiger partial charge < -0.3 is 0 Å². The van der Waals surface area contributed by atoms with E-state index < -0.39 is 10.1 Å². The molecule has 1 aromatic rings. The zero-order chi connectivity index (χ0) is 24.7. The Kier molecular flexibility index (Phi) is 24.6. The van der Waals surface area contributed by atoms with Gasteiger partial charge in [0.1, 0.15) is 0 Å². The van der Waals surface area contributed by atoms with Gasteiger partial charge in [0.2, 0.25) is 0 Å². The monoisotopic (exact) mass is 518 g/mol. The molecule has 0 aliphatic heterocycles. The molecule has 1 rings (SSSR count). The Labute approximate surface area is 241 Å². The van der Waals surface area contributed by atoms with E-state index >= 15 is 0 Å². The Balaban J connectivity index is 0.0000116. The second-order valence-electron chi connectivity index (χ2n) is 10.00. The van der Waals surface area contributed by atoms with Crippen LogP contribution in [0.15, 0.2) is 29.2 Å². The van der Waals surface area contributed by atoms with Crippen LogP contribution in [-0.2, 0) is 20.7 Å². The summed E-state index contributed by atoms with van der Waals surface area (Å²) in [5.74, 6) is 0. The molecule has 0 N–H and O–H groups in total. The van der Waals surface area contributed by atoms with Crippen molar-refractivity contribution >= 4 is 39.7 Å². The number of aryl methyl sites for hydroxylation is 1. The van der Waals surface area contributed by atoms with Gasteiger partial charge in [0.25, 0.3) is 10.1 Å². The van der Waals surface area contributed by atoms with E-state index in [0.717, 1.165) is 31.2 Å². The van der Waals surface area contributed by atoms with Crippen molar-refractivity contribution in [3.8, 4) is 0 Å². The molecule has 5 heteroatoms. The minimum absolute atomic E-state index is 0. The third kappa shape index (κ3) is 18.9. The first-order valence-electron chi connectivity index (χ1n) is 14.6. The van der Waals surface area contributed by atoms with Crippen LogP contribution in [0, 0.1) is 0 Å². The first kappa shape index (κ1) is 35.1. The summed E-state index contributed by atoms with van der Waals surface area (Å²) in [4.78, 5) is 0.373.